The molecule has 0 aliphatic carbocycles. The van der Waals surface area contributed by atoms with Gasteiger partial charge >= 0.3 is 0 Å². The normalized spacial score (nSPS) is 12.0. The Balaban J connectivity index is 0.00000154. The molecule has 1 unspecified atom stereocenters. The first-order valence-corrected chi connectivity index (χ1v) is 7.03. The fourth-order valence-corrected chi connectivity index (χ4v) is 2.06. The zero-order valence-electron chi connectivity index (χ0n) is 13.0. The standard InChI is InChI=1S/C13H21ClN2O.C2H6/c1-9-10(5-11(15)7-13(9)14)6-12(8-17-4)16(2)3;1-2/h5,7,12H,6,8,15H2,1-4H3;1-2H3. The quantitative estimate of drug-likeness (QED) is 0.844. The molecule has 0 radical (unpaired) electrons. The zero-order valence-corrected chi connectivity index (χ0v) is 13.7. The molecule has 0 heterocycles. The van der Waals surface area contributed by atoms with Gasteiger partial charge in [0.15, 0.2) is 0 Å². The lowest BCUT2D eigenvalue weighted by Crippen LogP contribution is -2.34. The third-order valence-electron chi connectivity index (χ3n) is 3.02. The summed E-state index contributed by atoms with van der Waals surface area (Å²) in [7, 11) is 5.82. The Labute approximate surface area is 122 Å². The van der Waals surface area contributed by atoms with E-state index < -0.39 is 0 Å². The van der Waals surface area contributed by atoms with Crippen molar-refractivity contribution in [2.24, 2.45) is 0 Å². The van der Waals surface area contributed by atoms with E-state index in [-0.39, 0.29) is 0 Å². The van der Waals surface area contributed by atoms with Crippen LogP contribution in [0, 0.1) is 6.92 Å². The molecule has 0 saturated heterocycles. The molecule has 4 heteroatoms. The number of anilines is 1. The van der Waals surface area contributed by atoms with Crippen LogP contribution in [-0.4, -0.2) is 38.8 Å². The Morgan fingerprint density at radius 2 is 1.89 bits per heavy atom. The largest absolute Gasteiger partial charge is 0.399 e. The summed E-state index contributed by atoms with van der Waals surface area (Å²) in [5, 5.41) is 0.731. The lowest BCUT2D eigenvalue weighted by atomic mass is 10.00. The molecule has 0 spiro atoms. The monoisotopic (exact) mass is 286 g/mol. The molecule has 0 aliphatic rings. The second kappa shape index (κ2) is 9.18. The van der Waals surface area contributed by atoms with Crippen molar-refractivity contribution in [2.45, 2.75) is 33.2 Å². The van der Waals surface area contributed by atoms with Crippen LogP contribution >= 0.6 is 11.6 Å². The number of methoxy groups -OCH3 is 1. The zero-order chi connectivity index (χ0) is 15.0. The topological polar surface area (TPSA) is 38.5 Å². The van der Waals surface area contributed by atoms with Crippen LogP contribution in [0.1, 0.15) is 25.0 Å². The molecule has 3 nitrogen and oxygen atoms in total. The first-order chi connectivity index (χ1) is 8.95. The molecule has 0 amide bonds. The minimum Gasteiger partial charge on any atom is -0.399 e. The number of hydrogen-bond donors (Lipinski definition) is 1. The Kier molecular flexibility index (Phi) is 8.81. The minimum absolute atomic E-state index is 0.330. The Morgan fingerprint density at radius 3 is 2.37 bits per heavy atom. The summed E-state index contributed by atoms with van der Waals surface area (Å²) in [5.74, 6) is 0. The Hall–Kier alpha value is -0.770. The molecule has 0 bridgehead atoms. The maximum Gasteiger partial charge on any atom is 0.0621 e. The molecule has 0 saturated carbocycles. The summed E-state index contributed by atoms with van der Waals surface area (Å²) >= 11 is 6.13. The number of hydrogen-bond acceptors (Lipinski definition) is 3. The van der Waals surface area contributed by atoms with E-state index in [0.717, 1.165) is 17.0 Å². The van der Waals surface area contributed by atoms with Gasteiger partial charge in [-0.1, -0.05) is 25.4 Å². The van der Waals surface area contributed by atoms with Gasteiger partial charge in [0.1, 0.15) is 0 Å². The van der Waals surface area contributed by atoms with Crippen molar-refractivity contribution < 1.29 is 4.74 Å². The van der Waals surface area contributed by atoms with Crippen molar-refractivity contribution >= 4 is 17.3 Å². The average molecular weight is 287 g/mol. The summed E-state index contributed by atoms with van der Waals surface area (Å²) < 4.78 is 5.23. The molecular weight excluding hydrogens is 260 g/mol. The maximum absolute atomic E-state index is 6.13. The molecule has 2 N–H and O–H groups in total. The van der Waals surface area contributed by atoms with E-state index in [9.17, 15) is 0 Å². The van der Waals surface area contributed by atoms with E-state index in [1.54, 1.807) is 13.2 Å². The van der Waals surface area contributed by atoms with E-state index in [2.05, 4.69) is 4.90 Å². The maximum atomic E-state index is 6.13. The predicted molar refractivity (Wildman–Crippen MR) is 85.0 cm³/mol. The molecule has 0 fully saturated rings. The molecule has 0 aliphatic heterocycles. The summed E-state index contributed by atoms with van der Waals surface area (Å²) in [6.07, 6.45) is 0.886. The fourth-order valence-electron chi connectivity index (χ4n) is 1.81. The number of halogens is 1. The van der Waals surface area contributed by atoms with Crippen molar-refractivity contribution in [1.82, 2.24) is 4.90 Å². The molecule has 1 rings (SSSR count). The van der Waals surface area contributed by atoms with Crippen LogP contribution in [0.4, 0.5) is 5.69 Å². The fraction of sp³-hybridized carbons (Fsp3) is 0.600. The molecule has 110 valence electrons. The number of ether oxygens (including phenoxy) is 1. The summed E-state index contributed by atoms with van der Waals surface area (Å²) in [6.45, 7) is 6.72. The van der Waals surface area contributed by atoms with Crippen LogP contribution in [0.2, 0.25) is 5.02 Å². The van der Waals surface area contributed by atoms with E-state index >= 15 is 0 Å². The summed E-state index contributed by atoms with van der Waals surface area (Å²) in [6, 6.07) is 4.12. The number of rotatable bonds is 5. The van der Waals surface area contributed by atoms with Crippen LogP contribution in [-0.2, 0) is 11.2 Å². The number of nitrogens with zero attached hydrogens (tertiary/aromatic N) is 1. The van der Waals surface area contributed by atoms with Gasteiger partial charge in [-0.15, -0.1) is 0 Å². The number of benzene rings is 1. The third kappa shape index (κ3) is 5.81. The Bertz CT molecular complexity index is 381. The van der Waals surface area contributed by atoms with Crippen LogP contribution in [0.5, 0.6) is 0 Å². The number of likely N-dealkylation sites (N-methyl/N-ethyl adjacent to an activating group) is 1. The van der Waals surface area contributed by atoms with E-state index in [0.29, 0.717) is 18.3 Å². The van der Waals surface area contributed by atoms with Gasteiger partial charge in [-0.05, 0) is 50.7 Å². The Morgan fingerprint density at radius 1 is 1.32 bits per heavy atom. The summed E-state index contributed by atoms with van der Waals surface area (Å²) in [5.41, 5.74) is 8.82. The SMILES string of the molecule is CC.COCC(Cc1cc(N)cc(Cl)c1C)N(C)C. The van der Waals surface area contributed by atoms with Crippen molar-refractivity contribution in [3.05, 3.63) is 28.3 Å². The number of nitrogens with two attached hydrogens (primary N) is 1. The molecular formula is C15H27ClN2O. The van der Waals surface area contributed by atoms with E-state index in [1.165, 1.54) is 5.56 Å². The van der Waals surface area contributed by atoms with Gasteiger partial charge in [0.25, 0.3) is 0 Å². The van der Waals surface area contributed by atoms with E-state index in [1.807, 2.05) is 40.9 Å². The molecule has 19 heavy (non-hydrogen) atoms. The number of nitrogen functional groups attached to an aromatic ring is 1. The lowest BCUT2D eigenvalue weighted by Gasteiger charge is -2.24. The van der Waals surface area contributed by atoms with Crippen molar-refractivity contribution in [1.29, 1.82) is 0 Å². The van der Waals surface area contributed by atoms with Crippen molar-refractivity contribution in [2.75, 3.05) is 33.5 Å². The smallest absolute Gasteiger partial charge is 0.0621 e. The van der Waals surface area contributed by atoms with Crippen LogP contribution < -0.4 is 5.73 Å². The average Bonchev–Trinajstić information content (AvgIpc) is 2.37. The highest BCUT2D eigenvalue weighted by molar-refractivity contribution is 6.31. The molecule has 1 aromatic carbocycles. The van der Waals surface area contributed by atoms with Crippen LogP contribution in [0.25, 0.3) is 0 Å². The van der Waals surface area contributed by atoms with Gasteiger partial charge in [0.2, 0.25) is 0 Å². The molecule has 0 aromatic heterocycles. The highest BCUT2D eigenvalue weighted by Crippen LogP contribution is 2.24. The molecule has 1 aromatic rings. The predicted octanol–water partition coefficient (Wildman–Crippen LogP) is 3.38. The van der Waals surface area contributed by atoms with Crippen molar-refractivity contribution in [3.63, 3.8) is 0 Å². The van der Waals surface area contributed by atoms with Gasteiger partial charge in [-0.2, -0.15) is 0 Å². The highest BCUT2D eigenvalue weighted by Gasteiger charge is 2.14. The second-order valence-corrected chi connectivity index (χ2v) is 4.97. The first kappa shape index (κ1) is 18.2. The van der Waals surface area contributed by atoms with Crippen LogP contribution in [0.15, 0.2) is 12.1 Å². The van der Waals surface area contributed by atoms with E-state index in [4.69, 9.17) is 22.1 Å². The first-order valence-electron chi connectivity index (χ1n) is 6.65. The summed E-state index contributed by atoms with van der Waals surface area (Å²) in [4.78, 5) is 2.15. The molecule has 1 atom stereocenters. The van der Waals surface area contributed by atoms with Gasteiger partial charge < -0.3 is 15.4 Å². The van der Waals surface area contributed by atoms with Crippen molar-refractivity contribution in [3.8, 4) is 0 Å². The highest BCUT2D eigenvalue weighted by atomic mass is 35.5. The second-order valence-electron chi connectivity index (χ2n) is 4.56. The van der Waals surface area contributed by atoms with Gasteiger partial charge in [-0.25, -0.2) is 0 Å². The van der Waals surface area contributed by atoms with Gasteiger partial charge in [0.05, 0.1) is 6.61 Å². The minimum atomic E-state index is 0.330. The third-order valence-corrected chi connectivity index (χ3v) is 3.41. The lowest BCUT2D eigenvalue weighted by molar-refractivity contribution is 0.120. The van der Waals surface area contributed by atoms with Gasteiger partial charge in [0, 0.05) is 23.9 Å². The van der Waals surface area contributed by atoms with Gasteiger partial charge in [-0.3, -0.25) is 0 Å². The van der Waals surface area contributed by atoms with Crippen LogP contribution in [0.3, 0.4) is 0 Å².